The van der Waals surface area contributed by atoms with Crippen molar-refractivity contribution < 1.29 is 9.50 Å². The minimum atomic E-state index is -0.233. The number of aliphatic hydroxyl groups is 1. The normalized spacial score (nSPS) is 31.5. The van der Waals surface area contributed by atoms with Gasteiger partial charge in [0.25, 0.3) is 0 Å². The Morgan fingerprint density at radius 1 is 1.17 bits per heavy atom. The van der Waals surface area contributed by atoms with E-state index in [0.717, 1.165) is 25.7 Å². The maximum absolute atomic E-state index is 11.9. The molecule has 0 aliphatic heterocycles. The van der Waals surface area contributed by atoms with Crippen molar-refractivity contribution in [3.05, 3.63) is 0 Å². The number of hydrogen-bond acceptors (Lipinski definition) is 1. The molecule has 0 radical (unpaired) electrons. The number of alkyl halides is 1. The highest BCUT2D eigenvalue weighted by Crippen LogP contribution is 2.26. The minimum Gasteiger partial charge on any atom is -0.393 e. The van der Waals surface area contributed by atoms with Gasteiger partial charge >= 0.3 is 0 Å². The molecule has 0 spiro atoms. The zero-order valence-corrected chi connectivity index (χ0v) is 7.64. The smallest absolute Gasteiger partial charge is 0.0894 e. The fraction of sp³-hybridized carbons (Fsp3) is 1.00. The van der Waals surface area contributed by atoms with Crippen molar-refractivity contribution in [1.29, 1.82) is 0 Å². The molecular formula is C10H19FO. The molecule has 2 unspecified atom stereocenters. The van der Waals surface area contributed by atoms with Crippen LogP contribution in [0.2, 0.25) is 0 Å². The molecule has 0 aromatic rings. The molecule has 1 fully saturated rings. The lowest BCUT2D eigenvalue weighted by atomic mass is 9.93. The van der Waals surface area contributed by atoms with Crippen molar-refractivity contribution in [3.8, 4) is 0 Å². The largest absolute Gasteiger partial charge is 0.393 e. The summed E-state index contributed by atoms with van der Waals surface area (Å²) in [4.78, 5) is 0. The Hall–Kier alpha value is -0.110. The third-order valence-corrected chi connectivity index (χ3v) is 2.83. The van der Waals surface area contributed by atoms with Crippen LogP contribution in [0.3, 0.4) is 0 Å². The Labute approximate surface area is 74.0 Å². The van der Waals surface area contributed by atoms with E-state index in [1.807, 2.05) is 0 Å². The lowest BCUT2D eigenvalue weighted by Gasteiger charge is -2.19. The van der Waals surface area contributed by atoms with Gasteiger partial charge in [-0.05, 0) is 31.6 Å². The molecular weight excluding hydrogens is 155 g/mol. The van der Waals surface area contributed by atoms with E-state index in [9.17, 15) is 9.50 Å². The van der Waals surface area contributed by atoms with Gasteiger partial charge in [-0.3, -0.25) is 4.39 Å². The summed E-state index contributed by atoms with van der Waals surface area (Å²) in [7, 11) is 0. The monoisotopic (exact) mass is 174 g/mol. The molecule has 0 heterocycles. The van der Waals surface area contributed by atoms with Crippen LogP contribution in [0.1, 0.15) is 44.9 Å². The fourth-order valence-electron chi connectivity index (χ4n) is 2.04. The molecule has 1 N–H and O–H groups in total. The maximum atomic E-state index is 11.9. The first kappa shape index (κ1) is 9.97. The van der Waals surface area contributed by atoms with Crippen molar-refractivity contribution in [2.45, 2.75) is 51.0 Å². The van der Waals surface area contributed by atoms with Gasteiger partial charge in [-0.25, -0.2) is 0 Å². The summed E-state index contributed by atoms with van der Waals surface area (Å²) in [5.41, 5.74) is 0. The predicted molar refractivity (Wildman–Crippen MR) is 47.8 cm³/mol. The number of hydrogen-bond donors (Lipinski definition) is 1. The Bertz CT molecular complexity index is 116. The Morgan fingerprint density at radius 3 is 2.67 bits per heavy atom. The average molecular weight is 174 g/mol. The van der Waals surface area contributed by atoms with Gasteiger partial charge in [0, 0.05) is 0 Å². The summed E-state index contributed by atoms with van der Waals surface area (Å²) < 4.78 is 11.9. The van der Waals surface area contributed by atoms with E-state index >= 15 is 0 Å². The Balaban J connectivity index is 2.26. The summed E-state index contributed by atoms with van der Waals surface area (Å²) in [6.07, 6.45) is 6.97. The van der Waals surface area contributed by atoms with Crippen molar-refractivity contribution >= 4 is 0 Å². The zero-order valence-electron chi connectivity index (χ0n) is 7.64. The summed E-state index contributed by atoms with van der Waals surface area (Å²) in [6, 6.07) is 0. The lowest BCUT2D eigenvalue weighted by molar-refractivity contribution is 0.0934. The summed E-state index contributed by atoms with van der Waals surface area (Å²) in [5, 5.41) is 9.65. The molecule has 0 aromatic heterocycles. The second-order valence-corrected chi connectivity index (χ2v) is 3.80. The third-order valence-electron chi connectivity index (χ3n) is 2.83. The first-order valence-electron chi connectivity index (χ1n) is 5.08. The van der Waals surface area contributed by atoms with Crippen LogP contribution in [-0.4, -0.2) is 17.9 Å². The number of aliphatic hydroxyl groups excluding tert-OH is 1. The van der Waals surface area contributed by atoms with Crippen molar-refractivity contribution in [3.63, 3.8) is 0 Å². The summed E-state index contributed by atoms with van der Waals surface area (Å²) >= 11 is 0. The van der Waals surface area contributed by atoms with Gasteiger partial charge in [0.05, 0.1) is 12.8 Å². The molecule has 0 bridgehead atoms. The molecule has 1 saturated carbocycles. The van der Waals surface area contributed by atoms with Gasteiger partial charge < -0.3 is 5.11 Å². The molecule has 1 nitrogen and oxygen atoms in total. The zero-order chi connectivity index (χ0) is 8.81. The molecule has 1 aliphatic carbocycles. The van der Waals surface area contributed by atoms with Crippen LogP contribution < -0.4 is 0 Å². The van der Waals surface area contributed by atoms with E-state index in [1.54, 1.807) is 0 Å². The van der Waals surface area contributed by atoms with Crippen molar-refractivity contribution in [2.75, 3.05) is 6.67 Å². The highest BCUT2D eigenvalue weighted by molar-refractivity contribution is 4.72. The molecule has 72 valence electrons. The Kier molecular flexibility index (Phi) is 4.59. The third kappa shape index (κ3) is 3.10. The molecule has 0 amide bonds. The number of halogens is 1. The average Bonchev–Trinajstić information content (AvgIpc) is 2.27. The second-order valence-electron chi connectivity index (χ2n) is 3.80. The predicted octanol–water partition coefficient (Wildman–Crippen LogP) is 2.68. The molecule has 0 aromatic carbocycles. The lowest BCUT2D eigenvalue weighted by Crippen LogP contribution is -2.18. The molecule has 12 heavy (non-hydrogen) atoms. The molecule has 0 saturated heterocycles. The van der Waals surface area contributed by atoms with Crippen molar-refractivity contribution in [2.24, 2.45) is 5.92 Å². The molecule has 2 atom stereocenters. The van der Waals surface area contributed by atoms with Crippen LogP contribution in [-0.2, 0) is 0 Å². The quantitative estimate of drug-likeness (QED) is 0.652. The molecule has 2 heteroatoms. The Morgan fingerprint density at radius 2 is 1.92 bits per heavy atom. The van der Waals surface area contributed by atoms with Crippen molar-refractivity contribution in [1.82, 2.24) is 0 Å². The highest BCUT2D eigenvalue weighted by Gasteiger charge is 2.20. The van der Waals surface area contributed by atoms with E-state index in [-0.39, 0.29) is 12.8 Å². The van der Waals surface area contributed by atoms with Crippen LogP contribution in [0.4, 0.5) is 4.39 Å². The SMILES string of the molecule is OC1CCCCCC1CCCF. The maximum Gasteiger partial charge on any atom is 0.0894 e. The van der Waals surface area contributed by atoms with Gasteiger partial charge in [-0.15, -0.1) is 0 Å². The molecule has 1 aliphatic rings. The van der Waals surface area contributed by atoms with E-state index in [2.05, 4.69) is 0 Å². The van der Waals surface area contributed by atoms with Crippen LogP contribution in [0.5, 0.6) is 0 Å². The number of rotatable bonds is 3. The van der Waals surface area contributed by atoms with Crippen LogP contribution >= 0.6 is 0 Å². The fourth-order valence-corrected chi connectivity index (χ4v) is 2.04. The second kappa shape index (κ2) is 5.52. The van der Waals surface area contributed by atoms with Crippen LogP contribution in [0, 0.1) is 5.92 Å². The minimum absolute atomic E-state index is 0.154. The van der Waals surface area contributed by atoms with Gasteiger partial charge in [0.1, 0.15) is 0 Å². The van der Waals surface area contributed by atoms with Gasteiger partial charge in [-0.1, -0.05) is 19.3 Å². The first-order valence-corrected chi connectivity index (χ1v) is 5.08. The topological polar surface area (TPSA) is 20.2 Å². The summed E-state index contributed by atoms with van der Waals surface area (Å²) in [5.74, 6) is 0.378. The van der Waals surface area contributed by atoms with Gasteiger partial charge in [-0.2, -0.15) is 0 Å². The molecule has 1 rings (SSSR count). The van der Waals surface area contributed by atoms with E-state index < -0.39 is 0 Å². The van der Waals surface area contributed by atoms with E-state index in [1.165, 1.54) is 12.8 Å². The van der Waals surface area contributed by atoms with E-state index in [0.29, 0.717) is 12.3 Å². The standard InChI is InChI=1S/C10H19FO/c11-8-4-6-9-5-2-1-3-7-10(9)12/h9-10,12H,1-8H2. The van der Waals surface area contributed by atoms with Crippen LogP contribution in [0.15, 0.2) is 0 Å². The van der Waals surface area contributed by atoms with E-state index in [4.69, 9.17) is 0 Å². The summed E-state index contributed by atoms with van der Waals surface area (Å²) in [6.45, 7) is -0.233. The highest BCUT2D eigenvalue weighted by atomic mass is 19.1. The van der Waals surface area contributed by atoms with Crippen LogP contribution in [0.25, 0.3) is 0 Å². The first-order chi connectivity index (χ1) is 5.84. The van der Waals surface area contributed by atoms with Gasteiger partial charge in [0.15, 0.2) is 0 Å². The van der Waals surface area contributed by atoms with Gasteiger partial charge in [0.2, 0.25) is 0 Å².